The molecule has 1 aliphatic rings. The topological polar surface area (TPSA) is 226 Å². The quantitative estimate of drug-likeness (QED) is 0.112. The molecule has 1 aliphatic heterocycles. The van der Waals surface area contributed by atoms with E-state index in [0.717, 1.165) is 16.5 Å². The molecular formula is C28H30N8O7S. The lowest BCUT2D eigenvalue weighted by Crippen LogP contribution is -2.33. The lowest BCUT2D eigenvalue weighted by Gasteiger charge is -2.16. The summed E-state index contributed by atoms with van der Waals surface area (Å²) in [6, 6.07) is 13.7. The number of imidazole rings is 1. The third-order valence-electron chi connectivity index (χ3n) is 7.35. The zero-order valence-electron chi connectivity index (χ0n) is 23.4. The lowest BCUT2D eigenvalue weighted by atomic mass is 10.1. The zero-order chi connectivity index (χ0) is 31.2. The number of guanidine groups is 1. The molecule has 1 saturated heterocycles. The highest BCUT2D eigenvalue weighted by atomic mass is 32.2. The molecule has 44 heavy (non-hydrogen) atoms. The summed E-state index contributed by atoms with van der Waals surface area (Å²) in [5.74, 6) is -0.294. The largest absolute Gasteiger partial charge is 0.463 e. The first-order valence-electron chi connectivity index (χ1n) is 13.6. The Labute approximate surface area is 251 Å². The molecule has 0 amide bonds. The summed E-state index contributed by atoms with van der Waals surface area (Å²) in [6.45, 7) is 1.43. The number of ether oxygens (including phenoxy) is 2. The van der Waals surface area contributed by atoms with Crippen molar-refractivity contribution in [2.45, 2.75) is 42.8 Å². The number of fused-ring (bicyclic) bond motifs is 2. The van der Waals surface area contributed by atoms with Gasteiger partial charge in [-0.1, -0.05) is 35.9 Å². The molecule has 0 bridgehead atoms. The van der Waals surface area contributed by atoms with Crippen molar-refractivity contribution in [1.29, 1.82) is 0 Å². The van der Waals surface area contributed by atoms with Gasteiger partial charge in [0.25, 0.3) is 10.0 Å². The zero-order valence-corrected chi connectivity index (χ0v) is 24.2. The Morgan fingerprint density at radius 3 is 2.55 bits per heavy atom. The fourth-order valence-electron chi connectivity index (χ4n) is 5.14. The maximum absolute atomic E-state index is 13.5. The van der Waals surface area contributed by atoms with E-state index in [1.807, 2.05) is 19.1 Å². The van der Waals surface area contributed by atoms with Crippen LogP contribution in [0.1, 0.15) is 17.4 Å². The fourth-order valence-corrected chi connectivity index (χ4v) is 6.53. The van der Waals surface area contributed by atoms with E-state index in [-0.39, 0.29) is 40.5 Å². The van der Waals surface area contributed by atoms with Crippen LogP contribution in [0.2, 0.25) is 0 Å². The third kappa shape index (κ3) is 5.22. The van der Waals surface area contributed by atoms with Gasteiger partial charge in [0.15, 0.2) is 29.2 Å². The summed E-state index contributed by atoms with van der Waals surface area (Å²) in [7, 11) is -3.86. The summed E-state index contributed by atoms with van der Waals surface area (Å²) in [5, 5.41) is 31.0. The van der Waals surface area contributed by atoms with Crippen molar-refractivity contribution in [2.24, 2.45) is 16.5 Å². The van der Waals surface area contributed by atoms with Gasteiger partial charge in [-0.05, 0) is 30.7 Å². The minimum absolute atomic E-state index is 0.00344. The first-order chi connectivity index (χ1) is 21.1. The molecule has 0 unspecified atom stereocenters. The van der Waals surface area contributed by atoms with E-state index in [0.29, 0.717) is 11.9 Å². The Hall–Kier alpha value is -4.61. The molecular weight excluding hydrogens is 592 g/mol. The second-order valence-corrected chi connectivity index (χ2v) is 12.1. The second-order valence-electron chi connectivity index (χ2n) is 10.3. The molecule has 0 spiro atoms. The molecule has 0 radical (unpaired) electrons. The van der Waals surface area contributed by atoms with Gasteiger partial charge in [-0.15, -0.1) is 0 Å². The SMILES string of the molecule is Cc1ccc(S(=O)(=O)n2cc(CCOc3nc(N=C(N)N)c4ncn([C@@H]5O[C@H](CO)[C@@H](O)[C@H]5O)c4n3)c3ccccc32)cc1. The van der Waals surface area contributed by atoms with E-state index >= 15 is 0 Å². The van der Waals surface area contributed by atoms with Gasteiger partial charge in [0, 0.05) is 18.0 Å². The van der Waals surface area contributed by atoms with Crippen molar-refractivity contribution in [2.75, 3.05) is 13.2 Å². The smallest absolute Gasteiger partial charge is 0.320 e. The van der Waals surface area contributed by atoms with Crippen LogP contribution in [0.3, 0.4) is 0 Å². The van der Waals surface area contributed by atoms with Crippen LogP contribution in [-0.4, -0.2) is 84.7 Å². The molecule has 2 aromatic carbocycles. The third-order valence-corrected chi connectivity index (χ3v) is 9.04. The average molecular weight is 623 g/mol. The summed E-state index contributed by atoms with van der Waals surface area (Å²) >= 11 is 0. The van der Waals surface area contributed by atoms with E-state index in [2.05, 4.69) is 19.9 Å². The standard InChI is InChI=1S/C28H30N8O7S/c1-15-6-8-17(9-7-15)44(40,41)36-12-16(18-4-2-3-5-19(18)36)10-11-42-28-33-24(32-27(29)30)21-25(34-28)35(14-31-21)26-23(39)22(38)20(13-37)43-26/h2-9,12,14,20,22-23,26,37-39H,10-11,13H2,1H3,(H4,29,30,32,33,34)/t20-,22-,23-,26-/m1/s1. The molecule has 16 heteroatoms. The van der Waals surface area contributed by atoms with Crippen molar-refractivity contribution >= 4 is 43.9 Å². The Balaban J connectivity index is 1.30. The highest BCUT2D eigenvalue weighted by Crippen LogP contribution is 2.34. The number of aliphatic hydroxyl groups is 3. The van der Waals surface area contributed by atoms with Crippen LogP contribution in [0.5, 0.6) is 6.01 Å². The van der Waals surface area contributed by atoms with E-state index in [4.69, 9.17) is 20.9 Å². The number of aryl methyl sites for hydroxylation is 1. The minimum Gasteiger partial charge on any atom is -0.463 e. The molecule has 1 fully saturated rings. The molecule has 4 atom stereocenters. The maximum Gasteiger partial charge on any atom is 0.320 e. The van der Waals surface area contributed by atoms with Gasteiger partial charge in [-0.2, -0.15) is 15.0 Å². The van der Waals surface area contributed by atoms with Crippen LogP contribution < -0.4 is 16.2 Å². The van der Waals surface area contributed by atoms with Gasteiger partial charge < -0.3 is 36.3 Å². The fraction of sp³-hybridized carbons (Fsp3) is 0.286. The van der Waals surface area contributed by atoms with E-state index < -0.39 is 41.2 Å². The minimum atomic E-state index is -3.86. The van der Waals surface area contributed by atoms with Gasteiger partial charge in [0.1, 0.15) is 18.3 Å². The molecule has 4 heterocycles. The number of nitrogens with two attached hydrogens (primary N) is 2. The van der Waals surface area contributed by atoms with Crippen LogP contribution in [0.25, 0.3) is 22.1 Å². The number of aliphatic imine (C=N–C) groups is 1. The predicted octanol–water partition coefficient (Wildman–Crippen LogP) is 0.464. The Bertz CT molecular complexity index is 1970. The molecule has 7 N–H and O–H groups in total. The van der Waals surface area contributed by atoms with Crippen molar-refractivity contribution < 1.29 is 33.2 Å². The van der Waals surface area contributed by atoms with E-state index in [9.17, 15) is 23.7 Å². The maximum atomic E-state index is 13.5. The van der Waals surface area contributed by atoms with Gasteiger partial charge >= 0.3 is 6.01 Å². The average Bonchev–Trinajstić information content (AvgIpc) is 3.67. The van der Waals surface area contributed by atoms with Crippen molar-refractivity contribution in [3.05, 3.63) is 72.2 Å². The van der Waals surface area contributed by atoms with Crippen LogP contribution in [0, 0.1) is 6.92 Å². The van der Waals surface area contributed by atoms with E-state index in [1.54, 1.807) is 42.6 Å². The molecule has 0 aliphatic carbocycles. The van der Waals surface area contributed by atoms with Crippen LogP contribution >= 0.6 is 0 Å². The van der Waals surface area contributed by atoms with Gasteiger partial charge in [-0.3, -0.25) is 4.57 Å². The second kappa shape index (κ2) is 11.5. The predicted molar refractivity (Wildman–Crippen MR) is 159 cm³/mol. The summed E-state index contributed by atoms with van der Waals surface area (Å²) in [4.78, 5) is 17.2. The summed E-state index contributed by atoms with van der Waals surface area (Å²) in [6.07, 6.45) is -1.67. The van der Waals surface area contributed by atoms with E-state index in [1.165, 1.54) is 14.9 Å². The summed E-state index contributed by atoms with van der Waals surface area (Å²) < 4.78 is 41.2. The number of benzene rings is 2. The molecule has 3 aromatic heterocycles. The molecule has 5 aromatic rings. The molecule has 0 saturated carbocycles. The number of nitrogens with zero attached hydrogens (tertiary/aromatic N) is 6. The Morgan fingerprint density at radius 1 is 1.09 bits per heavy atom. The molecule has 230 valence electrons. The van der Waals surface area contributed by atoms with Gasteiger partial charge in [0.2, 0.25) is 0 Å². The number of rotatable bonds is 9. The Kier molecular flexibility index (Phi) is 7.68. The first-order valence-corrected chi connectivity index (χ1v) is 15.0. The van der Waals surface area contributed by atoms with Crippen LogP contribution in [0.15, 0.2) is 70.9 Å². The number of hydrogen-bond acceptors (Lipinski definition) is 11. The number of aromatic nitrogens is 5. The van der Waals surface area contributed by atoms with Crippen LogP contribution in [0.4, 0.5) is 5.82 Å². The Morgan fingerprint density at radius 2 is 1.84 bits per heavy atom. The van der Waals surface area contributed by atoms with Crippen molar-refractivity contribution in [3.8, 4) is 6.01 Å². The van der Waals surface area contributed by atoms with Crippen LogP contribution in [-0.2, 0) is 21.2 Å². The molecule has 6 rings (SSSR count). The van der Waals surface area contributed by atoms with Crippen molar-refractivity contribution in [1.82, 2.24) is 23.5 Å². The van der Waals surface area contributed by atoms with Gasteiger partial charge in [0.05, 0.1) is 30.0 Å². The lowest BCUT2D eigenvalue weighted by molar-refractivity contribution is -0.0511. The van der Waals surface area contributed by atoms with Crippen molar-refractivity contribution in [3.63, 3.8) is 0 Å². The van der Waals surface area contributed by atoms with Gasteiger partial charge in [-0.25, -0.2) is 17.4 Å². The summed E-state index contributed by atoms with van der Waals surface area (Å²) in [5.41, 5.74) is 13.7. The number of hydrogen-bond donors (Lipinski definition) is 5. The normalized spacial score (nSPS) is 20.4. The highest BCUT2D eigenvalue weighted by Gasteiger charge is 2.44. The molecule has 15 nitrogen and oxygen atoms in total. The number of para-hydroxylation sites is 1. The highest BCUT2D eigenvalue weighted by molar-refractivity contribution is 7.90. The first kappa shape index (κ1) is 29.5. The number of aliphatic hydroxyl groups excluding tert-OH is 3. The monoisotopic (exact) mass is 622 g/mol.